The van der Waals surface area contributed by atoms with Crippen molar-refractivity contribution in [2.45, 2.75) is 6.61 Å². The zero-order valence-electron chi connectivity index (χ0n) is 4.96. The maximum absolute atomic E-state index is 9.61. The van der Waals surface area contributed by atoms with Crippen molar-refractivity contribution in [3.63, 3.8) is 0 Å². The van der Waals surface area contributed by atoms with Crippen molar-refractivity contribution in [2.24, 2.45) is 0 Å². The fraction of sp³-hybridized carbons (Fsp3) is 0.167. The smallest absolute Gasteiger partial charge is 0.417 e. The molecule has 0 saturated heterocycles. The van der Waals surface area contributed by atoms with Gasteiger partial charge in [0.25, 0.3) is 0 Å². The first-order chi connectivity index (χ1) is 4.83. The molecule has 10 heavy (non-hydrogen) atoms. The van der Waals surface area contributed by atoms with Crippen LogP contribution >= 0.6 is 22.9 Å². The van der Waals surface area contributed by atoms with Gasteiger partial charge < -0.3 is 4.74 Å². The highest BCUT2D eigenvalue weighted by molar-refractivity contribution is 7.14. The summed E-state index contributed by atoms with van der Waals surface area (Å²) in [5, 5.41) is 1.83. The van der Waals surface area contributed by atoms with Crippen LogP contribution in [0, 0.1) is 0 Å². The second kappa shape index (κ2) is 3.58. The molecule has 53 valence electrons. The minimum absolute atomic E-state index is 0.257. The zero-order chi connectivity index (χ0) is 7.40. The Balaban J connectivity index is 2.49. The summed E-state index contributed by atoms with van der Waals surface area (Å²) in [4.78, 5) is 9.61. The second-order valence-electron chi connectivity index (χ2n) is 1.63. The first kappa shape index (κ1) is 7.57. The van der Waals surface area contributed by atoms with Crippen LogP contribution in [0.2, 0.25) is 4.34 Å². The Morgan fingerprint density at radius 3 is 3.10 bits per heavy atom. The topological polar surface area (TPSA) is 26.3 Å². The molecule has 1 aromatic rings. The molecule has 1 heterocycles. The molecule has 0 aliphatic carbocycles. The van der Waals surface area contributed by atoms with E-state index >= 15 is 0 Å². The molecule has 0 unspecified atom stereocenters. The Morgan fingerprint density at radius 2 is 2.60 bits per heavy atom. The molecule has 0 aromatic carbocycles. The molecule has 0 bridgehead atoms. The van der Waals surface area contributed by atoms with Crippen LogP contribution in [-0.4, -0.2) is 6.47 Å². The lowest BCUT2D eigenvalue weighted by molar-refractivity contribution is 0.267. The molecular weight excluding hydrogens is 172 g/mol. The molecule has 1 aromatic heterocycles. The molecule has 0 spiro atoms. The number of thiophene rings is 1. The van der Waals surface area contributed by atoms with Gasteiger partial charge in [0.15, 0.2) is 0 Å². The summed E-state index contributed by atoms with van der Waals surface area (Å²) >= 11 is 7.01. The Morgan fingerprint density at radius 1 is 1.80 bits per heavy atom. The van der Waals surface area contributed by atoms with Gasteiger partial charge >= 0.3 is 6.47 Å². The van der Waals surface area contributed by atoms with Gasteiger partial charge in [0.05, 0.1) is 4.34 Å². The molecule has 0 saturated carbocycles. The van der Waals surface area contributed by atoms with Crippen molar-refractivity contribution in [3.05, 3.63) is 21.3 Å². The van der Waals surface area contributed by atoms with Crippen molar-refractivity contribution in [1.29, 1.82) is 0 Å². The summed E-state index contributed by atoms with van der Waals surface area (Å²) in [5.74, 6) is 0. The summed E-state index contributed by atoms with van der Waals surface area (Å²) in [7, 11) is 0. The number of hydrogen-bond acceptors (Lipinski definition) is 3. The highest BCUT2D eigenvalue weighted by Gasteiger charge is 1.96. The van der Waals surface area contributed by atoms with E-state index in [2.05, 4.69) is 4.74 Å². The molecule has 0 N–H and O–H groups in total. The van der Waals surface area contributed by atoms with Crippen molar-refractivity contribution in [1.82, 2.24) is 0 Å². The highest BCUT2D eigenvalue weighted by atomic mass is 35.5. The minimum atomic E-state index is 0.257. The number of carbonyl (C=O) groups excluding carboxylic acids is 1. The average molecular weight is 176 g/mol. The first-order valence-electron chi connectivity index (χ1n) is 2.55. The molecule has 0 amide bonds. The van der Waals surface area contributed by atoms with Gasteiger partial charge in [-0.25, -0.2) is 4.79 Å². The largest absolute Gasteiger partial charge is 0.452 e. The van der Waals surface area contributed by atoms with E-state index in [1.165, 1.54) is 17.8 Å². The van der Waals surface area contributed by atoms with Gasteiger partial charge in [-0.05, 0) is 11.4 Å². The van der Waals surface area contributed by atoms with Gasteiger partial charge in [-0.15, -0.1) is 11.3 Å². The molecule has 2 nitrogen and oxygen atoms in total. The monoisotopic (exact) mass is 175 g/mol. The van der Waals surface area contributed by atoms with Crippen molar-refractivity contribution < 1.29 is 9.53 Å². The van der Waals surface area contributed by atoms with Gasteiger partial charge in [-0.2, -0.15) is 0 Å². The van der Waals surface area contributed by atoms with Crippen LogP contribution in [0.15, 0.2) is 11.4 Å². The Hall–Kier alpha value is -0.540. The number of hydrogen-bond donors (Lipinski definition) is 0. The van der Waals surface area contributed by atoms with Crippen LogP contribution in [0.3, 0.4) is 0 Å². The SMILES string of the molecule is O=[C]OCc1csc(Cl)c1. The lowest BCUT2D eigenvalue weighted by atomic mass is 10.4. The van der Waals surface area contributed by atoms with E-state index < -0.39 is 0 Å². The van der Waals surface area contributed by atoms with E-state index in [9.17, 15) is 4.79 Å². The van der Waals surface area contributed by atoms with E-state index in [0.717, 1.165) is 5.56 Å². The quantitative estimate of drug-likeness (QED) is 0.702. The fourth-order valence-electron chi connectivity index (χ4n) is 0.534. The van der Waals surface area contributed by atoms with Crippen molar-refractivity contribution >= 4 is 29.4 Å². The second-order valence-corrected chi connectivity index (χ2v) is 3.17. The predicted molar refractivity (Wildman–Crippen MR) is 39.8 cm³/mol. The van der Waals surface area contributed by atoms with E-state index in [4.69, 9.17) is 11.6 Å². The summed E-state index contributed by atoms with van der Waals surface area (Å²) in [6, 6.07) is 1.75. The lowest BCUT2D eigenvalue weighted by Crippen LogP contribution is -1.85. The highest BCUT2D eigenvalue weighted by Crippen LogP contribution is 2.19. The molecule has 0 atom stereocenters. The first-order valence-corrected chi connectivity index (χ1v) is 3.80. The van der Waals surface area contributed by atoms with Crippen LogP contribution < -0.4 is 0 Å². The minimum Gasteiger partial charge on any atom is -0.452 e. The number of rotatable bonds is 3. The van der Waals surface area contributed by atoms with Gasteiger partial charge in [0.1, 0.15) is 6.61 Å². The third-order valence-electron chi connectivity index (χ3n) is 0.920. The molecule has 4 heteroatoms. The molecule has 0 aliphatic rings. The molecule has 1 rings (SSSR count). The summed E-state index contributed by atoms with van der Waals surface area (Å²) < 4.78 is 5.07. The Kier molecular flexibility index (Phi) is 2.71. The third-order valence-corrected chi connectivity index (χ3v) is 2.06. The Bertz CT molecular complexity index is 221. The average Bonchev–Trinajstić information content (AvgIpc) is 2.31. The van der Waals surface area contributed by atoms with Gasteiger partial charge in [0.2, 0.25) is 0 Å². The maximum Gasteiger partial charge on any atom is 0.417 e. The molecule has 1 radical (unpaired) electrons. The summed E-state index contributed by atoms with van der Waals surface area (Å²) in [5.41, 5.74) is 0.901. The lowest BCUT2D eigenvalue weighted by Gasteiger charge is -1.89. The molecule has 0 fully saturated rings. The standard InChI is InChI=1S/C6H4ClO2S/c7-6-1-5(3-10-6)2-9-4-8/h1,3H,2H2. The van der Waals surface area contributed by atoms with E-state index in [1.807, 2.05) is 5.38 Å². The van der Waals surface area contributed by atoms with E-state index in [1.54, 1.807) is 6.07 Å². The molecular formula is C6H4ClO2S. The van der Waals surface area contributed by atoms with E-state index in [0.29, 0.717) is 4.34 Å². The number of ether oxygens (including phenoxy) is 1. The van der Waals surface area contributed by atoms with Crippen LogP contribution in [0.4, 0.5) is 0 Å². The van der Waals surface area contributed by atoms with Crippen molar-refractivity contribution in [3.8, 4) is 0 Å². The van der Waals surface area contributed by atoms with Crippen LogP contribution in [0.5, 0.6) is 0 Å². The van der Waals surface area contributed by atoms with E-state index in [-0.39, 0.29) is 6.61 Å². The normalized spacial score (nSPS) is 9.30. The third kappa shape index (κ3) is 2.01. The van der Waals surface area contributed by atoms with Crippen LogP contribution in [-0.2, 0) is 16.1 Å². The molecule has 0 aliphatic heterocycles. The van der Waals surface area contributed by atoms with Crippen molar-refractivity contribution in [2.75, 3.05) is 0 Å². The van der Waals surface area contributed by atoms with Gasteiger partial charge in [0, 0.05) is 5.56 Å². The van der Waals surface area contributed by atoms with Gasteiger partial charge in [-0.1, -0.05) is 11.6 Å². The van der Waals surface area contributed by atoms with Gasteiger partial charge in [-0.3, -0.25) is 0 Å². The van der Waals surface area contributed by atoms with Crippen LogP contribution in [0.1, 0.15) is 5.56 Å². The fourth-order valence-corrected chi connectivity index (χ4v) is 1.43. The number of halogens is 1. The summed E-state index contributed by atoms with van der Waals surface area (Å²) in [6.45, 7) is 1.59. The summed E-state index contributed by atoms with van der Waals surface area (Å²) in [6.07, 6.45) is 0. The predicted octanol–water partition coefficient (Wildman–Crippen LogP) is 1.99. The maximum atomic E-state index is 9.61. The van der Waals surface area contributed by atoms with Crippen LogP contribution in [0.25, 0.3) is 0 Å². The Labute approximate surface area is 67.4 Å². The zero-order valence-corrected chi connectivity index (χ0v) is 6.54.